The molecule has 1 fully saturated rings. The van der Waals surface area contributed by atoms with E-state index in [1.807, 2.05) is 0 Å². The molecular weight excluding hydrogens is 222 g/mol. The van der Waals surface area contributed by atoms with Crippen LogP contribution in [0.15, 0.2) is 12.3 Å². The Hall–Kier alpha value is -0.830. The third-order valence-corrected chi connectivity index (χ3v) is 4.57. The van der Waals surface area contributed by atoms with Gasteiger partial charge in [0.2, 0.25) is 0 Å². The molecule has 0 aliphatic heterocycles. The first kappa shape index (κ1) is 13.6. The smallest absolute Gasteiger partial charge is 0.0630 e. The highest BCUT2D eigenvalue weighted by Gasteiger charge is 2.23. The van der Waals surface area contributed by atoms with Gasteiger partial charge >= 0.3 is 0 Å². The van der Waals surface area contributed by atoms with E-state index in [-0.39, 0.29) is 5.41 Å². The van der Waals surface area contributed by atoms with Crippen molar-refractivity contribution in [2.45, 2.75) is 64.8 Å². The van der Waals surface area contributed by atoms with Crippen LogP contribution in [-0.2, 0) is 6.42 Å². The molecule has 0 aromatic carbocycles. The molecule has 1 unspecified atom stereocenters. The maximum atomic E-state index is 5.88. The monoisotopic (exact) mass is 249 g/mol. The fraction of sp³-hybridized carbons (Fsp3) is 0.800. The molecule has 0 radical (unpaired) electrons. The zero-order chi connectivity index (χ0) is 13.0. The summed E-state index contributed by atoms with van der Waals surface area (Å²) in [4.78, 5) is 0. The Kier molecular flexibility index (Phi) is 4.44. The highest BCUT2D eigenvalue weighted by Crippen LogP contribution is 2.29. The quantitative estimate of drug-likeness (QED) is 0.870. The average molecular weight is 249 g/mol. The summed E-state index contributed by atoms with van der Waals surface area (Å²) in [5.74, 6) is 0. The predicted octanol–water partition coefficient (Wildman–Crippen LogP) is 3.31. The summed E-state index contributed by atoms with van der Waals surface area (Å²) in [5, 5.41) is 4.78. The predicted molar refractivity (Wildman–Crippen MR) is 75.5 cm³/mol. The highest BCUT2D eigenvalue weighted by atomic mass is 15.3. The van der Waals surface area contributed by atoms with Crippen LogP contribution >= 0.6 is 0 Å². The zero-order valence-corrected chi connectivity index (χ0v) is 11.9. The second kappa shape index (κ2) is 5.87. The molecule has 0 saturated heterocycles. The van der Waals surface area contributed by atoms with Crippen molar-refractivity contribution in [3.8, 4) is 0 Å². The number of aromatic nitrogens is 2. The van der Waals surface area contributed by atoms with Gasteiger partial charge in [-0.1, -0.05) is 33.1 Å². The van der Waals surface area contributed by atoms with Crippen molar-refractivity contribution in [3.05, 3.63) is 18.0 Å². The summed E-state index contributed by atoms with van der Waals surface area (Å²) in [6, 6.07) is 2.82. The molecule has 0 bridgehead atoms. The van der Waals surface area contributed by atoms with E-state index < -0.39 is 0 Å². The molecule has 1 aromatic rings. The van der Waals surface area contributed by atoms with Gasteiger partial charge in [0.05, 0.1) is 11.7 Å². The van der Waals surface area contributed by atoms with Crippen molar-refractivity contribution >= 4 is 0 Å². The van der Waals surface area contributed by atoms with Crippen molar-refractivity contribution < 1.29 is 0 Å². The zero-order valence-electron chi connectivity index (χ0n) is 11.9. The van der Waals surface area contributed by atoms with Crippen molar-refractivity contribution in [2.24, 2.45) is 11.1 Å². The van der Waals surface area contributed by atoms with Crippen LogP contribution in [0.3, 0.4) is 0 Å². The molecular formula is C15H27N3. The van der Waals surface area contributed by atoms with E-state index in [1.165, 1.54) is 37.8 Å². The first-order valence-corrected chi connectivity index (χ1v) is 7.41. The standard InChI is InChI=1S/C15H27N3/c1-3-15(2,12-16)11-13-9-10-18(17-13)14-7-5-4-6-8-14/h9-10,14H,3-8,11-12,16H2,1-2H3. The lowest BCUT2D eigenvalue weighted by Crippen LogP contribution is -2.29. The van der Waals surface area contributed by atoms with E-state index in [2.05, 4.69) is 30.8 Å². The van der Waals surface area contributed by atoms with Crippen LogP contribution < -0.4 is 5.73 Å². The topological polar surface area (TPSA) is 43.8 Å². The molecule has 1 heterocycles. The summed E-state index contributed by atoms with van der Waals surface area (Å²) in [6.07, 6.45) is 11.0. The lowest BCUT2D eigenvalue weighted by Gasteiger charge is -2.25. The number of nitrogens with zero attached hydrogens (tertiary/aromatic N) is 2. The molecule has 2 rings (SSSR count). The summed E-state index contributed by atoms with van der Waals surface area (Å²) in [5.41, 5.74) is 7.28. The summed E-state index contributed by atoms with van der Waals surface area (Å²) < 4.78 is 2.20. The molecule has 1 aliphatic rings. The van der Waals surface area contributed by atoms with Gasteiger partial charge in [-0.15, -0.1) is 0 Å². The molecule has 1 atom stereocenters. The van der Waals surface area contributed by atoms with Gasteiger partial charge in [0.15, 0.2) is 0 Å². The maximum absolute atomic E-state index is 5.88. The van der Waals surface area contributed by atoms with Gasteiger partial charge < -0.3 is 5.73 Å². The van der Waals surface area contributed by atoms with Crippen LogP contribution in [0.2, 0.25) is 0 Å². The summed E-state index contributed by atoms with van der Waals surface area (Å²) >= 11 is 0. The molecule has 3 heteroatoms. The Morgan fingerprint density at radius 2 is 2.11 bits per heavy atom. The van der Waals surface area contributed by atoms with Gasteiger partial charge in [-0.3, -0.25) is 4.68 Å². The Morgan fingerprint density at radius 3 is 2.72 bits per heavy atom. The first-order chi connectivity index (χ1) is 8.67. The van der Waals surface area contributed by atoms with Crippen molar-refractivity contribution in [1.82, 2.24) is 9.78 Å². The van der Waals surface area contributed by atoms with E-state index in [4.69, 9.17) is 10.8 Å². The Bertz CT molecular complexity index is 360. The lowest BCUT2D eigenvalue weighted by molar-refractivity contribution is 0.305. The van der Waals surface area contributed by atoms with Crippen LogP contribution in [0.25, 0.3) is 0 Å². The maximum Gasteiger partial charge on any atom is 0.0630 e. The van der Waals surface area contributed by atoms with Gasteiger partial charge in [0.25, 0.3) is 0 Å². The van der Waals surface area contributed by atoms with Crippen molar-refractivity contribution in [3.63, 3.8) is 0 Å². The normalized spacial score (nSPS) is 20.8. The minimum atomic E-state index is 0.200. The second-order valence-electron chi connectivity index (χ2n) is 6.12. The lowest BCUT2D eigenvalue weighted by atomic mass is 9.83. The number of rotatable bonds is 5. The molecule has 1 aliphatic carbocycles. The number of nitrogens with two attached hydrogens (primary N) is 1. The first-order valence-electron chi connectivity index (χ1n) is 7.41. The van der Waals surface area contributed by atoms with E-state index in [0.29, 0.717) is 6.04 Å². The molecule has 102 valence electrons. The third kappa shape index (κ3) is 3.14. The molecule has 2 N–H and O–H groups in total. The molecule has 0 amide bonds. The van der Waals surface area contributed by atoms with Gasteiger partial charge in [-0.25, -0.2) is 0 Å². The van der Waals surface area contributed by atoms with Gasteiger partial charge in [-0.05, 0) is 43.7 Å². The van der Waals surface area contributed by atoms with E-state index in [9.17, 15) is 0 Å². The SMILES string of the molecule is CCC(C)(CN)Cc1ccn(C2CCCCC2)n1. The third-order valence-electron chi connectivity index (χ3n) is 4.57. The largest absolute Gasteiger partial charge is 0.330 e. The van der Waals surface area contributed by atoms with Crippen LogP contribution in [-0.4, -0.2) is 16.3 Å². The van der Waals surface area contributed by atoms with Gasteiger partial charge in [0.1, 0.15) is 0 Å². The molecule has 1 aromatic heterocycles. The Morgan fingerprint density at radius 1 is 1.39 bits per heavy atom. The fourth-order valence-corrected chi connectivity index (χ4v) is 2.80. The molecule has 18 heavy (non-hydrogen) atoms. The molecule has 1 saturated carbocycles. The summed E-state index contributed by atoms with van der Waals surface area (Å²) in [7, 11) is 0. The minimum Gasteiger partial charge on any atom is -0.330 e. The van der Waals surface area contributed by atoms with E-state index in [1.54, 1.807) is 0 Å². The highest BCUT2D eigenvalue weighted by molar-refractivity contribution is 5.03. The van der Waals surface area contributed by atoms with E-state index >= 15 is 0 Å². The van der Waals surface area contributed by atoms with Crippen LogP contribution in [0.5, 0.6) is 0 Å². The van der Waals surface area contributed by atoms with Crippen molar-refractivity contribution in [2.75, 3.05) is 6.54 Å². The van der Waals surface area contributed by atoms with Crippen LogP contribution in [0.4, 0.5) is 0 Å². The molecule has 3 nitrogen and oxygen atoms in total. The fourth-order valence-electron chi connectivity index (χ4n) is 2.80. The van der Waals surface area contributed by atoms with Gasteiger partial charge in [-0.2, -0.15) is 5.10 Å². The van der Waals surface area contributed by atoms with Crippen LogP contribution in [0.1, 0.15) is 64.1 Å². The van der Waals surface area contributed by atoms with Crippen LogP contribution in [0, 0.1) is 5.41 Å². The Labute approximate surface area is 111 Å². The van der Waals surface area contributed by atoms with Crippen molar-refractivity contribution in [1.29, 1.82) is 0 Å². The average Bonchev–Trinajstić information content (AvgIpc) is 2.88. The van der Waals surface area contributed by atoms with Gasteiger partial charge in [0, 0.05) is 6.20 Å². The number of hydrogen-bond acceptors (Lipinski definition) is 2. The van der Waals surface area contributed by atoms with E-state index in [0.717, 1.165) is 19.4 Å². The number of hydrogen-bond donors (Lipinski definition) is 1. The second-order valence-corrected chi connectivity index (χ2v) is 6.12. The Balaban J connectivity index is 2.01. The minimum absolute atomic E-state index is 0.200. The summed E-state index contributed by atoms with van der Waals surface area (Å²) in [6.45, 7) is 5.21. The molecule has 0 spiro atoms.